The molecule has 2 N–H and O–H groups in total. The standard InChI is InChI=1S/C18H16BrClN2O5S4/c19-14-7-13-18(30-14)22(9-17(23)24)16(29-13)8-15-21(4-1-5-31(25,26)27)11-6-10(20)2-3-12(11)28-15/h2-3,6-8,13,18H,1,4-5,9H2,(H-,23,24,25,26,27)/p+1. The quantitative estimate of drug-likeness (QED) is 0.369. The number of carboxylic acid groups (broad SMARTS) is 1. The monoisotopic (exact) mass is 583 g/mol. The van der Waals surface area contributed by atoms with Gasteiger partial charge in [0.05, 0.1) is 27.5 Å². The summed E-state index contributed by atoms with van der Waals surface area (Å²) in [5.74, 6) is -1.24. The van der Waals surface area contributed by atoms with Gasteiger partial charge >= 0.3 is 5.97 Å². The summed E-state index contributed by atoms with van der Waals surface area (Å²) in [6, 6.07) is 5.53. The smallest absolute Gasteiger partial charge is 0.323 e. The maximum Gasteiger partial charge on any atom is 0.323 e. The maximum absolute atomic E-state index is 11.5. The lowest BCUT2D eigenvalue weighted by Gasteiger charge is -2.23. The lowest BCUT2D eigenvalue weighted by molar-refractivity contribution is -0.668. The van der Waals surface area contributed by atoms with E-state index >= 15 is 0 Å². The number of carbonyl (C=O) groups is 1. The van der Waals surface area contributed by atoms with Crippen LogP contribution in [0.3, 0.4) is 0 Å². The van der Waals surface area contributed by atoms with E-state index in [1.54, 1.807) is 29.6 Å². The lowest BCUT2D eigenvalue weighted by Crippen LogP contribution is -2.37. The van der Waals surface area contributed by atoms with Gasteiger partial charge in [-0.05, 0) is 34.1 Å². The average molecular weight is 585 g/mol. The molecule has 0 aliphatic carbocycles. The van der Waals surface area contributed by atoms with E-state index < -0.39 is 16.1 Å². The Hall–Kier alpha value is -0.760. The van der Waals surface area contributed by atoms with Crippen LogP contribution in [0.2, 0.25) is 5.02 Å². The van der Waals surface area contributed by atoms with Gasteiger partial charge in [0.2, 0.25) is 5.52 Å². The Morgan fingerprint density at radius 3 is 2.84 bits per heavy atom. The molecule has 2 aromatic rings. The summed E-state index contributed by atoms with van der Waals surface area (Å²) in [4.78, 5) is 13.4. The number of aliphatic carboxylic acids is 1. The molecule has 0 radical (unpaired) electrons. The number of thioether (sulfide) groups is 2. The molecular weight excluding hydrogens is 568 g/mol. The van der Waals surface area contributed by atoms with Crippen LogP contribution in [0.15, 0.2) is 33.1 Å². The van der Waals surface area contributed by atoms with Crippen LogP contribution >= 0.6 is 62.4 Å². The van der Waals surface area contributed by atoms with Crippen molar-refractivity contribution in [3.8, 4) is 0 Å². The van der Waals surface area contributed by atoms with Crippen molar-refractivity contribution in [2.45, 2.75) is 23.6 Å². The normalized spacial score (nSPS) is 22.4. The largest absolute Gasteiger partial charge is 0.480 e. The van der Waals surface area contributed by atoms with Gasteiger partial charge in [0.1, 0.15) is 11.2 Å². The minimum absolute atomic E-state index is 0.00136. The molecule has 2 aliphatic heterocycles. The zero-order valence-electron chi connectivity index (χ0n) is 15.8. The maximum atomic E-state index is 11.5. The summed E-state index contributed by atoms with van der Waals surface area (Å²) in [7, 11) is -4.05. The molecule has 31 heavy (non-hydrogen) atoms. The second-order valence-electron chi connectivity index (χ2n) is 6.91. The van der Waals surface area contributed by atoms with Gasteiger partial charge in [0, 0.05) is 21.3 Å². The average Bonchev–Trinajstić information content (AvgIpc) is 3.27. The Bertz CT molecular complexity index is 1210. The fraction of sp³-hybridized carbons (Fsp3) is 0.333. The van der Waals surface area contributed by atoms with E-state index in [0.29, 0.717) is 11.6 Å². The van der Waals surface area contributed by atoms with Crippen LogP contribution in [0, 0.1) is 0 Å². The molecule has 2 atom stereocenters. The summed E-state index contributed by atoms with van der Waals surface area (Å²) in [5.41, 5.74) is 0.865. The molecule has 1 aromatic heterocycles. The fourth-order valence-corrected chi connectivity index (χ4v) is 9.04. The molecule has 0 saturated carbocycles. The molecular formula is C18H17BrClN2O5S4+. The summed E-state index contributed by atoms with van der Waals surface area (Å²) in [5, 5.41) is 11.8. The second-order valence-corrected chi connectivity index (χ2v) is 13.7. The summed E-state index contributed by atoms with van der Waals surface area (Å²) < 4.78 is 35.4. The number of aryl methyl sites for hydroxylation is 1. The van der Waals surface area contributed by atoms with Crippen molar-refractivity contribution in [2.75, 3.05) is 12.3 Å². The molecule has 166 valence electrons. The molecule has 0 amide bonds. The summed E-state index contributed by atoms with van der Waals surface area (Å²) >= 11 is 14.4. The predicted octanol–water partition coefficient (Wildman–Crippen LogP) is 4.23. The number of aromatic nitrogens is 1. The van der Waals surface area contributed by atoms with Gasteiger partial charge < -0.3 is 10.0 Å². The van der Waals surface area contributed by atoms with E-state index in [4.69, 9.17) is 16.2 Å². The molecule has 2 unspecified atom stereocenters. The third kappa shape index (κ3) is 5.43. The molecule has 3 heterocycles. The van der Waals surface area contributed by atoms with Crippen LogP contribution in [-0.4, -0.2) is 51.9 Å². The van der Waals surface area contributed by atoms with E-state index in [-0.39, 0.29) is 29.3 Å². The second kappa shape index (κ2) is 9.24. The predicted molar refractivity (Wildman–Crippen MR) is 130 cm³/mol. The van der Waals surface area contributed by atoms with Crippen LogP contribution in [0.5, 0.6) is 0 Å². The molecule has 1 saturated heterocycles. The molecule has 0 spiro atoms. The highest BCUT2D eigenvalue weighted by atomic mass is 79.9. The fourth-order valence-electron chi connectivity index (χ4n) is 3.45. The van der Waals surface area contributed by atoms with Crippen LogP contribution < -0.4 is 4.57 Å². The third-order valence-electron chi connectivity index (χ3n) is 4.69. The number of carboxylic acids is 1. The van der Waals surface area contributed by atoms with Crippen molar-refractivity contribution in [3.05, 3.63) is 43.1 Å². The lowest BCUT2D eigenvalue weighted by atomic mass is 10.3. The van der Waals surface area contributed by atoms with Crippen molar-refractivity contribution < 1.29 is 27.4 Å². The van der Waals surface area contributed by atoms with Crippen molar-refractivity contribution in [2.24, 2.45) is 0 Å². The Balaban J connectivity index is 1.73. The molecule has 13 heteroatoms. The summed E-state index contributed by atoms with van der Waals surface area (Å²) in [6.45, 7) is 0.260. The third-order valence-corrected chi connectivity index (χ3v) is 10.2. The van der Waals surface area contributed by atoms with Gasteiger partial charge in [-0.2, -0.15) is 13.0 Å². The van der Waals surface area contributed by atoms with E-state index in [2.05, 4.69) is 22.0 Å². The van der Waals surface area contributed by atoms with Gasteiger partial charge in [0.15, 0.2) is 6.54 Å². The number of rotatable bonds is 7. The number of fused-ring (bicyclic) bond motifs is 2. The first kappa shape index (κ1) is 23.4. The van der Waals surface area contributed by atoms with Crippen LogP contribution in [0.1, 0.15) is 11.4 Å². The highest BCUT2D eigenvalue weighted by Gasteiger charge is 2.42. The van der Waals surface area contributed by atoms with Gasteiger partial charge in [-0.3, -0.25) is 9.35 Å². The zero-order valence-corrected chi connectivity index (χ0v) is 21.4. The first-order chi connectivity index (χ1) is 14.6. The van der Waals surface area contributed by atoms with Crippen LogP contribution in [0.25, 0.3) is 16.3 Å². The minimum atomic E-state index is -4.05. The molecule has 2 aliphatic rings. The van der Waals surface area contributed by atoms with Gasteiger partial charge in [-0.25, -0.2) is 0 Å². The van der Waals surface area contributed by atoms with Gasteiger partial charge in [0.25, 0.3) is 15.1 Å². The topological polar surface area (TPSA) is 98.8 Å². The minimum Gasteiger partial charge on any atom is -0.480 e. The van der Waals surface area contributed by atoms with Crippen molar-refractivity contribution in [1.29, 1.82) is 0 Å². The van der Waals surface area contributed by atoms with Gasteiger partial charge in [-0.1, -0.05) is 46.5 Å². The Labute approximate surface area is 205 Å². The summed E-state index contributed by atoms with van der Waals surface area (Å²) in [6.07, 6.45) is 4.28. The zero-order chi connectivity index (χ0) is 22.3. The highest BCUT2D eigenvalue weighted by Crippen LogP contribution is 2.52. The number of halogens is 2. The molecule has 7 nitrogen and oxygen atoms in total. The number of benzene rings is 1. The van der Waals surface area contributed by atoms with Crippen molar-refractivity contribution in [3.63, 3.8) is 0 Å². The molecule has 1 aromatic carbocycles. The molecule has 4 rings (SSSR count). The van der Waals surface area contributed by atoms with Gasteiger partial charge in [-0.15, -0.1) is 0 Å². The Kier molecular flexibility index (Phi) is 6.97. The highest BCUT2D eigenvalue weighted by molar-refractivity contribution is 9.14. The first-order valence-corrected chi connectivity index (χ1v) is 14.4. The van der Waals surface area contributed by atoms with E-state index in [9.17, 15) is 18.3 Å². The van der Waals surface area contributed by atoms with E-state index in [1.807, 2.05) is 27.7 Å². The number of hydrogen-bond donors (Lipinski definition) is 2. The Morgan fingerprint density at radius 2 is 2.13 bits per heavy atom. The number of hydrogen-bond acceptors (Lipinski definition) is 7. The van der Waals surface area contributed by atoms with Crippen LogP contribution in [0.4, 0.5) is 0 Å². The van der Waals surface area contributed by atoms with Crippen molar-refractivity contribution >= 4 is 94.8 Å². The van der Waals surface area contributed by atoms with E-state index in [1.165, 1.54) is 11.3 Å². The van der Waals surface area contributed by atoms with Crippen LogP contribution in [-0.2, 0) is 21.5 Å². The number of thiazole rings is 1. The van der Waals surface area contributed by atoms with E-state index in [0.717, 1.165) is 24.1 Å². The molecule has 1 fully saturated rings. The SMILES string of the molecule is O=C(O)CN1C(=Cc2sc3ccc(Cl)cc3[n+]2CCCS(=O)(=O)O)SC2C=C(Br)SC21. The number of nitrogens with zero attached hydrogens (tertiary/aromatic N) is 2. The molecule has 0 bridgehead atoms. The Morgan fingerprint density at radius 1 is 1.35 bits per heavy atom. The first-order valence-electron chi connectivity index (χ1n) is 9.08. The van der Waals surface area contributed by atoms with Crippen molar-refractivity contribution in [1.82, 2.24) is 4.90 Å².